The maximum atomic E-state index is 2.13. The number of hydrogen-bond acceptors (Lipinski definition) is 0. The first-order valence-corrected chi connectivity index (χ1v) is 8.80. The van der Waals surface area contributed by atoms with Crippen molar-refractivity contribution in [3.05, 3.63) is 131 Å². The first kappa shape index (κ1) is 17.4. The average Bonchev–Trinajstić information content (AvgIpc) is 2.71. The van der Waals surface area contributed by atoms with Crippen molar-refractivity contribution in [2.75, 3.05) is 0 Å². The van der Waals surface area contributed by atoms with Crippen LogP contribution in [0, 0.1) is 0 Å². The first-order chi connectivity index (χ1) is 12.9. The number of hydrogen-bond donors (Lipinski definition) is 0. The minimum Gasteiger partial charge on any atom is -0.0622 e. The zero-order valence-corrected chi connectivity index (χ0v) is 14.7. The zero-order valence-electron chi connectivity index (χ0n) is 14.7. The standard InChI is InChI=1S/C26H22/c1-3-11-23(12-4-1)15-7-9-17-25-19-21-26(22-20-25)18-10-8-16-24-13-5-2-6-14-24/h1-22H/b15-7-,16-8+,17-9-,18-10+. The summed E-state index contributed by atoms with van der Waals surface area (Å²) in [7, 11) is 0. The molecule has 26 heavy (non-hydrogen) atoms. The van der Waals surface area contributed by atoms with Gasteiger partial charge < -0.3 is 0 Å². The van der Waals surface area contributed by atoms with E-state index >= 15 is 0 Å². The molecule has 0 heterocycles. The van der Waals surface area contributed by atoms with Crippen molar-refractivity contribution in [1.82, 2.24) is 0 Å². The highest BCUT2D eigenvalue weighted by atomic mass is 13.9. The summed E-state index contributed by atoms with van der Waals surface area (Å²) < 4.78 is 0. The van der Waals surface area contributed by atoms with Crippen molar-refractivity contribution in [2.45, 2.75) is 0 Å². The van der Waals surface area contributed by atoms with Gasteiger partial charge >= 0.3 is 0 Å². The Labute approximate surface area is 156 Å². The van der Waals surface area contributed by atoms with E-state index in [-0.39, 0.29) is 0 Å². The lowest BCUT2D eigenvalue weighted by molar-refractivity contribution is 1.62. The van der Waals surface area contributed by atoms with Crippen LogP contribution in [0.4, 0.5) is 0 Å². The fourth-order valence-corrected chi connectivity index (χ4v) is 2.51. The Balaban J connectivity index is 1.53. The van der Waals surface area contributed by atoms with E-state index in [1.807, 2.05) is 36.4 Å². The van der Waals surface area contributed by atoms with Gasteiger partial charge in [-0.1, -0.05) is 134 Å². The van der Waals surface area contributed by atoms with E-state index in [2.05, 4.69) is 97.1 Å². The summed E-state index contributed by atoms with van der Waals surface area (Å²) in [4.78, 5) is 0. The highest BCUT2D eigenvalue weighted by Crippen LogP contribution is 2.09. The summed E-state index contributed by atoms with van der Waals surface area (Å²) >= 11 is 0. The minimum atomic E-state index is 1.19. The summed E-state index contributed by atoms with van der Waals surface area (Å²) in [6, 6.07) is 29.2. The van der Waals surface area contributed by atoms with Gasteiger partial charge in [-0.2, -0.15) is 0 Å². The molecule has 0 spiro atoms. The van der Waals surface area contributed by atoms with Gasteiger partial charge in [0, 0.05) is 0 Å². The molecule has 0 nitrogen and oxygen atoms in total. The van der Waals surface area contributed by atoms with Crippen LogP contribution >= 0.6 is 0 Å². The molecule has 0 bridgehead atoms. The van der Waals surface area contributed by atoms with Gasteiger partial charge in [-0.15, -0.1) is 0 Å². The molecular formula is C26H22. The van der Waals surface area contributed by atoms with E-state index in [1.165, 1.54) is 22.3 Å². The fraction of sp³-hybridized carbons (Fsp3) is 0. The Hall–Kier alpha value is -3.38. The van der Waals surface area contributed by atoms with E-state index in [9.17, 15) is 0 Å². The Kier molecular flexibility index (Phi) is 6.58. The minimum absolute atomic E-state index is 1.19. The van der Waals surface area contributed by atoms with Crippen molar-refractivity contribution in [1.29, 1.82) is 0 Å². The fourth-order valence-electron chi connectivity index (χ4n) is 2.51. The van der Waals surface area contributed by atoms with Gasteiger partial charge in [0.25, 0.3) is 0 Å². The highest BCUT2D eigenvalue weighted by Gasteiger charge is 1.88. The predicted octanol–water partition coefficient (Wildman–Crippen LogP) is 7.14. The highest BCUT2D eigenvalue weighted by molar-refractivity contribution is 5.61. The van der Waals surface area contributed by atoms with Crippen LogP contribution in [-0.4, -0.2) is 0 Å². The number of benzene rings is 3. The SMILES string of the molecule is C(/C=C\c1ccc(/C=C/C=C/c2ccccc2)cc1)=C/c1ccccc1. The van der Waals surface area contributed by atoms with Crippen LogP contribution in [0.15, 0.2) is 109 Å². The molecule has 0 amide bonds. The van der Waals surface area contributed by atoms with Gasteiger partial charge in [-0.05, 0) is 22.3 Å². The Morgan fingerprint density at radius 1 is 0.308 bits per heavy atom. The maximum Gasteiger partial charge on any atom is -0.0256 e. The van der Waals surface area contributed by atoms with Gasteiger partial charge in [0.2, 0.25) is 0 Å². The van der Waals surface area contributed by atoms with Crippen LogP contribution < -0.4 is 0 Å². The molecule has 3 rings (SSSR count). The molecule has 0 aliphatic rings. The predicted molar refractivity (Wildman–Crippen MR) is 115 cm³/mol. The molecule has 0 fully saturated rings. The third-order valence-corrected chi connectivity index (χ3v) is 3.91. The summed E-state index contributed by atoms with van der Waals surface area (Å²) in [5.41, 5.74) is 4.81. The second kappa shape index (κ2) is 9.80. The quantitative estimate of drug-likeness (QED) is 0.420. The van der Waals surface area contributed by atoms with Gasteiger partial charge in [0.1, 0.15) is 0 Å². The molecule has 0 saturated carbocycles. The van der Waals surface area contributed by atoms with Crippen molar-refractivity contribution >= 4 is 24.3 Å². The third kappa shape index (κ3) is 5.92. The lowest BCUT2D eigenvalue weighted by Gasteiger charge is -1.95. The van der Waals surface area contributed by atoms with Crippen molar-refractivity contribution in [3.63, 3.8) is 0 Å². The van der Waals surface area contributed by atoms with Crippen molar-refractivity contribution in [3.8, 4) is 0 Å². The van der Waals surface area contributed by atoms with Crippen LogP contribution in [0.5, 0.6) is 0 Å². The molecule has 0 aromatic heterocycles. The number of allylic oxidation sites excluding steroid dienone is 4. The lowest BCUT2D eigenvalue weighted by atomic mass is 10.1. The average molecular weight is 334 g/mol. The summed E-state index contributed by atoms with van der Waals surface area (Å²) in [5.74, 6) is 0. The molecule has 3 aromatic rings. The molecular weight excluding hydrogens is 312 g/mol. The lowest BCUT2D eigenvalue weighted by Crippen LogP contribution is -1.74. The van der Waals surface area contributed by atoms with Crippen molar-refractivity contribution < 1.29 is 0 Å². The largest absolute Gasteiger partial charge is 0.0622 e. The molecule has 3 aromatic carbocycles. The zero-order chi connectivity index (χ0) is 17.9. The molecule has 0 N–H and O–H groups in total. The van der Waals surface area contributed by atoms with Gasteiger partial charge in [0.15, 0.2) is 0 Å². The second-order valence-corrected chi connectivity index (χ2v) is 5.92. The van der Waals surface area contributed by atoms with Gasteiger partial charge in [0.05, 0.1) is 0 Å². The van der Waals surface area contributed by atoms with E-state index in [0.29, 0.717) is 0 Å². The molecule has 0 heteroatoms. The topological polar surface area (TPSA) is 0 Å². The van der Waals surface area contributed by atoms with Crippen LogP contribution in [0.25, 0.3) is 24.3 Å². The van der Waals surface area contributed by atoms with E-state index in [4.69, 9.17) is 0 Å². The van der Waals surface area contributed by atoms with Crippen LogP contribution in [0.2, 0.25) is 0 Å². The van der Waals surface area contributed by atoms with E-state index in [1.54, 1.807) is 0 Å². The molecule has 0 atom stereocenters. The maximum absolute atomic E-state index is 2.13. The first-order valence-electron chi connectivity index (χ1n) is 8.80. The van der Waals surface area contributed by atoms with Gasteiger partial charge in [-0.3, -0.25) is 0 Å². The van der Waals surface area contributed by atoms with Crippen LogP contribution in [-0.2, 0) is 0 Å². The van der Waals surface area contributed by atoms with Crippen LogP contribution in [0.1, 0.15) is 22.3 Å². The second-order valence-electron chi connectivity index (χ2n) is 5.92. The Bertz CT molecular complexity index is 815. The molecule has 0 aliphatic carbocycles. The summed E-state index contributed by atoms with van der Waals surface area (Å²) in [5, 5.41) is 0. The molecule has 126 valence electrons. The van der Waals surface area contributed by atoms with Crippen LogP contribution in [0.3, 0.4) is 0 Å². The smallest absolute Gasteiger partial charge is 0.0256 e. The monoisotopic (exact) mass is 334 g/mol. The summed E-state index contributed by atoms with van der Waals surface area (Å²) in [6.45, 7) is 0. The van der Waals surface area contributed by atoms with E-state index < -0.39 is 0 Å². The number of rotatable bonds is 6. The van der Waals surface area contributed by atoms with Crippen molar-refractivity contribution in [2.24, 2.45) is 0 Å². The van der Waals surface area contributed by atoms with E-state index in [0.717, 1.165) is 0 Å². The molecule has 0 aliphatic heterocycles. The Morgan fingerprint density at radius 3 is 0.885 bits per heavy atom. The summed E-state index contributed by atoms with van der Waals surface area (Å²) in [6.07, 6.45) is 16.7. The normalized spacial score (nSPS) is 12.0. The molecule has 0 radical (unpaired) electrons. The third-order valence-electron chi connectivity index (χ3n) is 3.91. The van der Waals surface area contributed by atoms with Gasteiger partial charge in [-0.25, -0.2) is 0 Å². The Morgan fingerprint density at radius 2 is 0.577 bits per heavy atom. The molecule has 0 unspecified atom stereocenters. The molecule has 0 saturated heterocycles.